The van der Waals surface area contributed by atoms with Gasteiger partial charge in [-0.05, 0) is 24.1 Å². The second-order valence-electron chi connectivity index (χ2n) is 6.64. The van der Waals surface area contributed by atoms with E-state index < -0.39 is 18.1 Å². The van der Waals surface area contributed by atoms with Gasteiger partial charge in [0.2, 0.25) is 6.10 Å². The molecule has 1 saturated heterocycles. The van der Waals surface area contributed by atoms with Gasteiger partial charge < -0.3 is 9.64 Å². The van der Waals surface area contributed by atoms with Gasteiger partial charge in [0.25, 0.3) is 5.91 Å². The molecule has 0 radical (unpaired) electrons. The summed E-state index contributed by atoms with van der Waals surface area (Å²) < 4.78 is 5.59. The van der Waals surface area contributed by atoms with Gasteiger partial charge in [-0.1, -0.05) is 54.1 Å². The van der Waals surface area contributed by atoms with Crippen LogP contribution in [0.25, 0.3) is 0 Å². The van der Waals surface area contributed by atoms with Gasteiger partial charge in [-0.15, -0.1) is 0 Å². The molecule has 0 bridgehead atoms. The molecule has 2 aromatic rings. The second kappa shape index (κ2) is 8.52. The largest absolute Gasteiger partial charge is 0.446 e. The smallest absolute Gasteiger partial charge is 0.325 e. The molecule has 0 aliphatic carbocycles. The summed E-state index contributed by atoms with van der Waals surface area (Å²) >= 11 is 5.92. The molecular formula is C20H22ClN3O3. The number of nitrogens with zero attached hydrogens (tertiary/aromatic N) is 1. The first-order valence-corrected chi connectivity index (χ1v) is 9.06. The van der Waals surface area contributed by atoms with E-state index in [1.54, 1.807) is 26.2 Å². The van der Waals surface area contributed by atoms with Gasteiger partial charge in [0, 0.05) is 30.7 Å². The van der Waals surface area contributed by atoms with Crippen molar-refractivity contribution in [2.45, 2.75) is 24.6 Å². The molecule has 1 aliphatic rings. The van der Waals surface area contributed by atoms with Crippen molar-refractivity contribution in [2.24, 2.45) is 0 Å². The van der Waals surface area contributed by atoms with E-state index in [4.69, 9.17) is 16.3 Å². The second-order valence-corrected chi connectivity index (χ2v) is 7.08. The lowest BCUT2D eigenvalue weighted by Gasteiger charge is -2.22. The summed E-state index contributed by atoms with van der Waals surface area (Å²) in [6.07, 6.45) is -0.455. The Balaban J connectivity index is 1.69. The SMILES string of the molecule is CN(C)C(=O)C(OC(=O)C1CC(c2ccc(Cl)cc2)NN1)c1ccccc1. The van der Waals surface area contributed by atoms with Crippen LogP contribution in [0.5, 0.6) is 0 Å². The number of hydrogen-bond donors (Lipinski definition) is 2. The summed E-state index contributed by atoms with van der Waals surface area (Å²) in [4.78, 5) is 26.6. The standard InChI is InChI=1S/C20H22ClN3O3/c1-24(2)19(25)18(14-6-4-3-5-7-14)27-20(26)17-12-16(22-23-17)13-8-10-15(21)11-9-13/h3-11,16-18,22-23H,12H2,1-2H3. The highest BCUT2D eigenvalue weighted by molar-refractivity contribution is 6.30. The number of hydrogen-bond acceptors (Lipinski definition) is 5. The number of carbonyl (C=O) groups excluding carboxylic acids is 2. The minimum absolute atomic E-state index is 0.0421. The maximum Gasteiger partial charge on any atom is 0.325 e. The molecule has 142 valence electrons. The minimum atomic E-state index is -0.968. The summed E-state index contributed by atoms with van der Waals surface area (Å²) in [5, 5.41) is 0.661. The van der Waals surface area contributed by atoms with Crippen molar-refractivity contribution in [3.8, 4) is 0 Å². The molecule has 1 heterocycles. The number of esters is 1. The maximum atomic E-state index is 12.7. The zero-order valence-electron chi connectivity index (χ0n) is 15.2. The van der Waals surface area contributed by atoms with E-state index >= 15 is 0 Å². The third-order valence-corrected chi connectivity index (χ3v) is 4.71. The number of hydrazine groups is 1. The summed E-state index contributed by atoms with van der Waals surface area (Å²) in [6.45, 7) is 0. The highest BCUT2D eigenvalue weighted by atomic mass is 35.5. The Morgan fingerprint density at radius 2 is 1.74 bits per heavy atom. The molecule has 6 nitrogen and oxygen atoms in total. The van der Waals surface area contributed by atoms with Crippen LogP contribution in [-0.2, 0) is 14.3 Å². The predicted molar refractivity (Wildman–Crippen MR) is 103 cm³/mol. The van der Waals surface area contributed by atoms with Crippen LogP contribution >= 0.6 is 11.6 Å². The molecular weight excluding hydrogens is 366 g/mol. The molecule has 2 N–H and O–H groups in total. The highest BCUT2D eigenvalue weighted by Crippen LogP contribution is 2.26. The molecule has 3 rings (SSSR count). The molecule has 0 aromatic heterocycles. The fourth-order valence-electron chi connectivity index (χ4n) is 2.95. The third kappa shape index (κ3) is 4.66. The van der Waals surface area contributed by atoms with Crippen LogP contribution in [0.3, 0.4) is 0 Å². The zero-order chi connectivity index (χ0) is 19.4. The van der Waals surface area contributed by atoms with Crippen LogP contribution < -0.4 is 10.9 Å². The predicted octanol–water partition coefficient (Wildman–Crippen LogP) is 2.62. The number of nitrogens with one attached hydrogen (secondary N) is 2. The number of likely N-dealkylation sites (N-methyl/N-ethyl adjacent to an activating group) is 1. The van der Waals surface area contributed by atoms with Crippen LogP contribution in [0.4, 0.5) is 0 Å². The summed E-state index contributed by atoms with van der Waals surface area (Å²) in [5.74, 6) is -0.752. The molecule has 0 saturated carbocycles. The van der Waals surface area contributed by atoms with E-state index in [2.05, 4.69) is 10.9 Å². The minimum Gasteiger partial charge on any atom is -0.446 e. The first-order valence-electron chi connectivity index (χ1n) is 8.69. The number of rotatable bonds is 5. The molecule has 1 amide bonds. The Morgan fingerprint density at radius 3 is 2.37 bits per heavy atom. The molecule has 3 atom stereocenters. The topological polar surface area (TPSA) is 70.7 Å². The lowest BCUT2D eigenvalue weighted by molar-refractivity contribution is -0.161. The molecule has 3 unspecified atom stereocenters. The van der Waals surface area contributed by atoms with E-state index in [1.165, 1.54) is 4.90 Å². The zero-order valence-corrected chi connectivity index (χ0v) is 15.9. The first-order chi connectivity index (χ1) is 13.0. The highest BCUT2D eigenvalue weighted by Gasteiger charge is 2.35. The van der Waals surface area contributed by atoms with Crippen molar-refractivity contribution < 1.29 is 14.3 Å². The van der Waals surface area contributed by atoms with Gasteiger partial charge in [-0.2, -0.15) is 0 Å². The van der Waals surface area contributed by atoms with Crippen LogP contribution in [-0.4, -0.2) is 36.9 Å². The number of carbonyl (C=O) groups is 2. The van der Waals surface area contributed by atoms with Gasteiger partial charge in [-0.25, -0.2) is 10.9 Å². The van der Waals surface area contributed by atoms with E-state index in [9.17, 15) is 9.59 Å². The van der Waals surface area contributed by atoms with E-state index in [0.717, 1.165) is 5.56 Å². The quantitative estimate of drug-likeness (QED) is 0.772. The third-order valence-electron chi connectivity index (χ3n) is 4.46. The Kier molecular flexibility index (Phi) is 6.11. The molecule has 7 heteroatoms. The Bertz CT molecular complexity index is 796. The van der Waals surface area contributed by atoms with Gasteiger partial charge in [-0.3, -0.25) is 9.59 Å². The fourth-order valence-corrected chi connectivity index (χ4v) is 3.07. The van der Waals surface area contributed by atoms with Crippen molar-refractivity contribution in [1.82, 2.24) is 15.8 Å². The van der Waals surface area contributed by atoms with Gasteiger partial charge in [0.1, 0.15) is 6.04 Å². The number of halogens is 1. The average Bonchev–Trinajstić information content (AvgIpc) is 3.17. The molecule has 1 fully saturated rings. The average molecular weight is 388 g/mol. The van der Waals surface area contributed by atoms with Crippen molar-refractivity contribution in [2.75, 3.05) is 14.1 Å². The monoisotopic (exact) mass is 387 g/mol. The fraction of sp³-hybridized carbons (Fsp3) is 0.300. The van der Waals surface area contributed by atoms with E-state index in [1.807, 2.05) is 42.5 Å². The summed E-state index contributed by atoms with van der Waals surface area (Å²) in [5.41, 5.74) is 7.72. The summed E-state index contributed by atoms with van der Waals surface area (Å²) in [6, 6.07) is 15.9. The van der Waals surface area contributed by atoms with E-state index in [-0.39, 0.29) is 11.9 Å². The lowest BCUT2D eigenvalue weighted by atomic mass is 10.0. The van der Waals surface area contributed by atoms with Gasteiger partial charge in [0.15, 0.2) is 0 Å². The Morgan fingerprint density at radius 1 is 1.07 bits per heavy atom. The van der Waals surface area contributed by atoms with Gasteiger partial charge >= 0.3 is 5.97 Å². The summed E-state index contributed by atoms with van der Waals surface area (Å²) in [7, 11) is 3.27. The van der Waals surface area contributed by atoms with Crippen molar-refractivity contribution in [3.63, 3.8) is 0 Å². The van der Waals surface area contributed by atoms with Crippen LogP contribution in [0.2, 0.25) is 5.02 Å². The maximum absolute atomic E-state index is 12.7. The number of benzene rings is 2. The van der Waals surface area contributed by atoms with Gasteiger partial charge in [0.05, 0.1) is 0 Å². The van der Waals surface area contributed by atoms with Crippen LogP contribution in [0.1, 0.15) is 29.7 Å². The van der Waals surface area contributed by atoms with Crippen LogP contribution in [0, 0.1) is 0 Å². The Hall–Kier alpha value is -2.41. The van der Waals surface area contributed by atoms with Crippen molar-refractivity contribution in [1.29, 1.82) is 0 Å². The lowest BCUT2D eigenvalue weighted by Crippen LogP contribution is -2.40. The Labute approximate surface area is 163 Å². The normalized spacial score (nSPS) is 20.1. The van der Waals surface area contributed by atoms with E-state index in [0.29, 0.717) is 17.0 Å². The molecule has 1 aliphatic heterocycles. The number of ether oxygens (including phenoxy) is 1. The number of amides is 1. The molecule has 2 aromatic carbocycles. The molecule has 27 heavy (non-hydrogen) atoms. The van der Waals surface area contributed by atoms with Crippen molar-refractivity contribution in [3.05, 3.63) is 70.7 Å². The first kappa shape index (κ1) is 19.4. The van der Waals surface area contributed by atoms with Crippen LogP contribution in [0.15, 0.2) is 54.6 Å². The molecule has 0 spiro atoms. The van der Waals surface area contributed by atoms with Crippen molar-refractivity contribution >= 4 is 23.5 Å².